The zero-order valence-corrected chi connectivity index (χ0v) is 8.98. The molecule has 1 saturated carbocycles. The molecule has 0 amide bonds. The molecular weight excluding hydrogens is 168 g/mol. The molecule has 0 unspecified atom stereocenters. The molecule has 0 saturated heterocycles. The lowest BCUT2D eigenvalue weighted by Gasteiger charge is -2.30. The first-order chi connectivity index (χ1) is 5.47. The summed E-state index contributed by atoms with van der Waals surface area (Å²) in [6, 6.07) is 0. The van der Waals surface area contributed by atoms with Crippen molar-refractivity contribution in [1.82, 2.24) is 0 Å². The molecule has 1 rings (SSSR count). The molecular formula is C10H20OS. The van der Waals surface area contributed by atoms with Gasteiger partial charge in [0.2, 0.25) is 0 Å². The van der Waals surface area contributed by atoms with Crippen LogP contribution in [-0.4, -0.2) is 16.0 Å². The maximum Gasteiger partial charge on any atom is 0.0542 e. The molecule has 1 nitrogen and oxygen atoms in total. The summed E-state index contributed by atoms with van der Waals surface area (Å²) in [5.74, 6) is 0.696. The highest BCUT2D eigenvalue weighted by Crippen LogP contribution is 2.32. The fraction of sp³-hybridized carbons (Fsp3) is 1.00. The van der Waals surface area contributed by atoms with Gasteiger partial charge in [0.05, 0.1) is 6.10 Å². The Morgan fingerprint density at radius 1 is 1.42 bits per heavy atom. The highest BCUT2D eigenvalue weighted by molar-refractivity contribution is 7.81. The van der Waals surface area contributed by atoms with Crippen LogP contribution in [0.15, 0.2) is 0 Å². The molecule has 0 aromatic heterocycles. The summed E-state index contributed by atoms with van der Waals surface area (Å²) in [4.78, 5) is 0. The Balaban J connectivity index is 2.32. The van der Waals surface area contributed by atoms with Crippen LogP contribution >= 0.6 is 12.6 Å². The van der Waals surface area contributed by atoms with Crippen LogP contribution in [0.3, 0.4) is 0 Å². The summed E-state index contributed by atoms with van der Waals surface area (Å²) in [6.45, 7) is 4.30. The van der Waals surface area contributed by atoms with Gasteiger partial charge in [0, 0.05) is 4.75 Å². The van der Waals surface area contributed by atoms with Crippen molar-refractivity contribution >= 4 is 12.6 Å². The summed E-state index contributed by atoms with van der Waals surface area (Å²) in [5, 5.41) is 9.45. The third-order valence-electron chi connectivity index (χ3n) is 2.54. The highest BCUT2D eigenvalue weighted by atomic mass is 32.1. The Morgan fingerprint density at radius 3 is 2.58 bits per heavy atom. The van der Waals surface area contributed by atoms with Crippen LogP contribution in [0.25, 0.3) is 0 Å². The molecule has 0 aliphatic heterocycles. The lowest BCUT2D eigenvalue weighted by molar-refractivity contribution is 0.0958. The van der Waals surface area contributed by atoms with E-state index in [-0.39, 0.29) is 10.9 Å². The van der Waals surface area contributed by atoms with Crippen molar-refractivity contribution in [2.75, 3.05) is 0 Å². The summed E-state index contributed by atoms with van der Waals surface area (Å²) in [7, 11) is 0. The van der Waals surface area contributed by atoms with Gasteiger partial charge in [-0.2, -0.15) is 12.6 Å². The zero-order chi connectivity index (χ0) is 9.19. The monoisotopic (exact) mass is 188 g/mol. The van der Waals surface area contributed by atoms with E-state index in [1.165, 1.54) is 12.8 Å². The number of hydrogen-bond acceptors (Lipinski definition) is 2. The fourth-order valence-electron chi connectivity index (χ4n) is 2.15. The third kappa shape index (κ3) is 3.81. The van der Waals surface area contributed by atoms with Crippen molar-refractivity contribution in [2.45, 2.75) is 56.8 Å². The number of thiol groups is 1. The van der Waals surface area contributed by atoms with Gasteiger partial charge in [-0.05, 0) is 25.2 Å². The van der Waals surface area contributed by atoms with E-state index in [0.717, 1.165) is 19.3 Å². The zero-order valence-electron chi connectivity index (χ0n) is 8.08. The van der Waals surface area contributed by atoms with Gasteiger partial charge in [-0.1, -0.05) is 26.7 Å². The van der Waals surface area contributed by atoms with E-state index < -0.39 is 0 Å². The van der Waals surface area contributed by atoms with Gasteiger partial charge in [0.15, 0.2) is 0 Å². The van der Waals surface area contributed by atoms with E-state index in [9.17, 15) is 5.11 Å². The SMILES string of the molecule is CC(C)(S)C[C@H]1CCC[C@H](O)C1. The van der Waals surface area contributed by atoms with Crippen LogP contribution in [0.1, 0.15) is 46.0 Å². The van der Waals surface area contributed by atoms with Gasteiger partial charge >= 0.3 is 0 Å². The van der Waals surface area contributed by atoms with E-state index in [4.69, 9.17) is 0 Å². The maximum absolute atomic E-state index is 9.45. The van der Waals surface area contributed by atoms with Gasteiger partial charge in [-0.25, -0.2) is 0 Å². The second-order valence-corrected chi connectivity index (χ2v) is 5.91. The van der Waals surface area contributed by atoms with Gasteiger partial charge in [-0.15, -0.1) is 0 Å². The molecule has 0 heterocycles. The van der Waals surface area contributed by atoms with Crippen molar-refractivity contribution in [3.05, 3.63) is 0 Å². The van der Waals surface area contributed by atoms with Crippen molar-refractivity contribution in [1.29, 1.82) is 0 Å². The van der Waals surface area contributed by atoms with E-state index >= 15 is 0 Å². The Kier molecular flexibility index (Phi) is 3.47. The average Bonchev–Trinajstić information content (AvgIpc) is 1.82. The molecule has 2 atom stereocenters. The topological polar surface area (TPSA) is 20.2 Å². The highest BCUT2D eigenvalue weighted by Gasteiger charge is 2.24. The first kappa shape index (κ1) is 10.4. The maximum atomic E-state index is 9.45. The molecule has 12 heavy (non-hydrogen) atoms. The molecule has 1 N–H and O–H groups in total. The predicted molar refractivity (Wildman–Crippen MR) is 55.6 cm³/mol. The summed E-state index contributed by atoms with van der Waals surface area (Å²) < 4.78 is 0.127. The minimum atomic E-state index is -0.0422. The predicted octanol–water partition coefficient (Wildman–Crippen LogP) is 2.64. The van der Waals surface area contributed by atoms with Crippen LogP contribution < -0.4 is 0 Å². The molecule has 72 valence electrons. The van der Waals surface area contributed by atoms with Crippen molar-refractivity contribution < 1.29 is 5.11 Å². The van der Waals surface area contributed by atoms with Crippen molar-refractivity contribution in [2.24, 2.45) is 5.92 Å². The molecule has 1 aliphatic rings. The lowest BCUT2D eigenvalue weighted by Crippen LogP contribution is -2.25. The smallest absolute Gasteiger partial charge is 0.0542 e. The second kappa shape index (κ2) is 4.01. The Bertz CT molecular complexity index is 139. The van der Waals surface area contributed by atoms with E-state index in [1.54, 1.807) is 0 Å². The van der Waals surface area contributed by atoms with Gasteiger partial charge in [0.25, 0.3) is 0 Å². The molecule has 1 aliphatic carbocycles. The molecule has 0 bridgehead atoms. The summed E-state index contributed by atoms with van der Waals surface area (Å²) in [5.41, 5.74) is 0. The lowest BCUT2D eigenvalue weighted by atomic mass is 9.82. The quantitative estimate of drug-likeness (QED) is 0.638. The van der Waals surface area contributed by atoms with E-state index in [2.05, 4.69) is 26.5 Å². The first-order valence-electron chi connectivity index (χ1n) is 4.88. The van der Waals surface area contributed by atoms with E-state index in [0.29, 0.717) is 5.92 Å². The standard InChI is InChI=1S/C10H20OS/c1-10(2,12)7-8-4-3-5-9(11)6-8/h8-9,11-12H,3-7H2,1-2H3/t8-,9-/m0/s1. The number of aliphatic hydroxyl groups excluding tert-OH is 1. The molecule has 0 aromatic carbocycles. The normalized spacial score (nSPS) is 32.0. The van der Waals surface area contributed by atoms with Crippen LogP contribution in [0.4, 0.5) is 0 Å². The fourth-order valence-corrected chi connectivity index (χ4v) is 2.41. The second-order valence-electron chi connectivity index (χ2n) is 4.70. The molecule has 0 aromatic rings. The van der Waals surface area contributed by atoms with Crippen LogP contribution in [0.2, 0.25) is 0 Å². The van der Waals surface area contributed by atoms with Gasteiger partial charge in [-0.3, -0.25) is 0 Å². The minimum Gasteiger partial charge on any atom is -0.393 e. The average molecular weight is 188 g/mol. The number of rotatable bonds is 2. The summed E-state index contributed by atoms with van der Waals surface area (Å²) >= 11 is 4.51. The van der Waals surface area contributed by atoms with E-state index in [1.807, 2.05) is 0 Å². The van der Waals surface area contributed by atoms with Crippen molar-refractivity contribution in [3.63, 3.8) is 0 Å². The minimum absolute atomic E-state index is 0.0422. The van der Waals surface area contributed by atoms with Crippen LogP contribution in [-0.2, 0) is 0 Å². The third-order valence-corrected chi connectivity index (χ3v) is 2.73. The molecule has 1 fully saturated rings. The Morgan fingerprint density at radius 2 is 2.08 bits per heavy atom. The number of aliphatic hydroxyl groups is 1. The molecule has 2 heteroatoms. The first-order valence-corrected chi connectivity index (χ1v) is 5.32. The number of hydrogen-bond donors (Lipinski definition) is 2. The van der Waals surface area contributed by atoms with Crippen LogP contribution in [0, 0.1) is 5.92 Å². The van der Waals surface area contributed by atoms with Gasteiger partial charge < -0.3 is 5.11 Å². The van der Waals surface area contributed by atoms with Gasteiger partial charge in [0.1, 0.15) is 0 Å². The summed E-state index contributed by atoms with van der Waals surface area (Å²) in [6.07, 6.45) is 5.55. The Hall–Kier alpha value is 0.310. The molecule has 0 radical (unpaired) electrons. The van der Waals surface area contributed by atoms with Crippen molar-refractivity contribution in [3.8, 4) is 0 Å². The molecule has 0 spiro atoms. The Labute approximate surface area is 81.0 Å². The van der Waals surface area contributed by atoms with Crippen LogP contribution in [0.5, 0.6) is 0 Å². The largest absolute Gasteiger partial charge is 0.393 e.